The molecule has 0 unspecified atom stereocenters. The number of hydrogen-bond acceptors (Lipinski definition) is 5. The molecule has 31 heavy (non-hydrogen) atoms. The third-order valence-corrected chi connectivity index (χ3v) is 6.60. The Balaban J connectivity index is 1.32. The molecule has 0 atom stereocenters. The molecule has 9 heteroatoms. The maximum absolute atomic E-state index is 12.5. The minimum absolute atomic E-state index is 0.258. The van der Waals surface area contributed by atoms with E-state index >= 15 is 0 Å². The van der Waals surface area contributed by atoms with Gasteiger partial charge in [0.05, 0.1) is 9.88 Å². The number of aromatic nitrogens is 1. The topological polar surface area (TPSA) is 83.1 Å². The van der Waals surface area contributed by atoms with E-state index in [0.29, 0.717) is 20.7 Å². The summed E-state index contributed by atoms with van der Waals surface area (Å²) >= 11 is 6.07. The van der Waals surface area contributed by atoms with Crippen LogP contribution >= 0.6 is 38.6 Å². The van der Waals surface area contributed by atoms with Gasteiger partial charge in [0.15, 0.2) is 5.13 Å². The predicted molar refractivity (Wildman–Crippen MR) is 130 cm³/mol. The summed E-state index contributed by atoms with van der Waals surface area (Å²) in [6.45, 7) is 0. The molecule has 2 heterocycles. The molecule has 4 aromatic rings. The Morgan fingerprint density at radius 3 is 2.42 bits per heavy atom. The number of nitrogens with one attached hydrogen (secondary N) is 3. The summed E-state index contributed by atoms with van der Waals surface area (Å²) in [6, 6.07) is 20.3. The van der Waals surface area contributed by atoms with Crippen LogP contribution in [0.5, 0.6) is 0 Å². The molecular weight excluding hydrogens is 496 g/mol. The lowest BCUT2D eigenvalue weighted by Gasteiger charge is -2.05. The second-order valence-electron chi connectivity index (χ2n) is 6.50. The Bertz CT molecular complexity index is 1190. The lowest BCUT2D eigenvalue weighted by molar-refractivity contribution is 0.103. The molecule has 4 rings (SSSR count). The Hall–Kier alpha value is -3.01. The Morgan fingerprint density at radius 1 is 0.871 bits per heavy atom. The third kappa shape index (κ3) is 6.00. The molecule has 6 nitrogen and oxygen atoms in total. The van der Waals surface area contributed by atoms with Crippen LogP contribution in [0.4, 0.5) is 20.6 Å². The number of benzene rings is 2. The van der Waals surface area contributed by atoms with Crippen molar-refractivity contribution in [1.29, 1.82) is 0 Å². The molecule has 3 amide bonds. The standard InChI is InChI=1S/C22H17BrN4O2S2/c23-15-8-6-14(7-9-15)12-17-13-24-22(30-17)27-20(28)18-10-11-19(31-18)26-21(29)25-16-4-2-1-3-5-16/h1-11,13H,12H2,(H,24,27,28)(H2,25,26,29). The molecular formula is C22H17BrN4O2S2. The van der Waals surface area contributed by atoms with Crippen LogP contribution in [0.1, 0.15) is 20.1 Å². The highest BCUT2D eigenvalue weighted by Gasteiger charge is 2.13. The van der Waals surface area contributed by atoms with Crippen molar-refractivity contribution in [2.75, 3.05) is 16.0 Å². The van der Waals surface area contributed by atoms with Crippen molar-refractivity contribution in [3.63, 3.8) is 0 Å². The molecule has 0 aliphatic rings. The Morgan fingerprint density at radius 2 is 1.65 bits per heavy atom. The number of halogens is 1. The van der Waals surface area contributed by atoms with E-state index in [1.807, 2.05) is 30.3 Å². The minimum Gasteiger partial charge on any atom is -0.308 e. The van der Waals surface area contributed by atoms with E-state index in [1.165, 1.54) is 28.2 Å². The lowest BCUT2D eigenvalue weighted by Crippen LogP contribution is -2.18. The zero-order valence-electron chi connectivity index (χ0n) is 16.1. The Labute approximate surface area is 195 Å². The number of para-hydroxylation sites is 1. The van der Waals surface area contributed by atoms with Crippen molar-refractivity contribution >= 4 is 66.4 Å². The van der Waals surface area contributed by atoms with Crippen LogP contribution in [0, 0.1) is 0 Å². The van der Waals surface area contributed by atoms with Crippen molar-refractivity contribution in [2.45, 2.75) is 6.42 Å². The molecule has 3 N–H and O–H groups in total. The van der Waals surface area contributed by atoms with Crippen molar-refractivity contribution in [2.24, 2.45) is 0 Å². The van der Waals surface area contributed by atoms with Gasteiger partial charge in [0, 0.05) is 27.7 Å². The summed E-state index contributed by atoms with van der Waals surface area (Å²) in [4.78, 5) is 30.5. The summed E-state index contributed by atoms with van der Waals surface area (Å²) < 4.78 is 1.04. The van der Waals surface area contributed by atoms with E-state index in [4.69, 9.17) is 0 Å². The maximum atomic E-state index is 12.5. The molecule has 0 fully saturated rings. The molecule has 2 aromatic heterocycles. The van der Waals surface area contributed by atoms with Crippen LogP contribution in [0.2, 0.25) is 0 Å². The first kappa shape index (κ1) is 21.2. The SMILES string of the molecule is O=C(Nc1ccccc1)Nc1ccc(C(=O)Nc2ncc(Cc3ccc(Br)cc3)s2)s1. The van der Waals surface area contributed by atoms with Crippen LogP contribution in [0.25, 0.3) is 0 Å². The number of anilines is 3. The second kappa shape index (κ2) is 9.86. The van der Waals surface area contributed by atoms with Gasteiger partial charge >= 0.3 is 6.03 Å². The van der Waals surface area contributed by atoms with Gasteiger partial charge in [-0.3, -0.25) is 15.4 Å². The number of rotatable bonds is 6. The van der Waals surface area contributed by atoms with Gasteiger partial charge in [0.2, 0.25) is 0 Å². The van der Waals surface area contributed by atoms with Crippen LogP contribution in [-0.4, -0.2) is 16.9 Å². The molecule has 0 spiro atoms. The highest BCUT2D eigenvalue weighted by molar-refractivity contribution is 9.10. The monoisotopic (exact) mass is 512 g/mol. The summed E-state index contributed by atoms with van der Waals surface area (Å²) in [5.74, 6) is -0.258. The average molecular weight is 513 g/mol. The van der Waals surface area contributed by atoms with Gasteiger partial charge in [-0.2, -0.15) is 0 Å². The molecule has 0 saturated heterocycles. The molecule has 0 radical (unpaired) electrons. The number of hydrogen-bond donors (Lipinski definition) is 3. The van der Waals surface area contributed by atoms with Crippen LogP contribution in [-0.2, 0) is 6.42 Å². The highest BCUT2D eigenvalue weighted by Crippen LogP contribution is 2.26. The number of amides is 3. The van der Waals surface area contributed by atoms with E-state index in [-0.39, 0.29) is 11.9 Å². The van der Waals surface area contributed by atoms with E-state index in [2.05, 4.69) is 49.0 Å². The number of carbonyl (C=O) groups is 2. The van der Waals surface area contributed by atoms with Crippen molar-refractivity contribution < 1.29 is 9.59 Å². The minimum atomic E-state index is -0.363. The number of thiazole rings is 1. The smallest absolute Gasteiger partial charge is 0.308 e. The van der Waals surface area contributed by atoms with Crippen molar-refractivity contribution in [1.82, 2.24) is 4.98 Å². The van der Waals surface area contributed by atoms with E-state index in [1.54, 1.807) is 30.5 Å². The van der Waals surface area contributed by atoms with E-state index in [9.17, 15) is 9.59 Å². The molecule has 0 saturated carbocycles. The molecule has 0 aliphatic carbocycles. The molecule has 2 aromatic carbocycles. The quantitative estimate of drug-likeness (QED) is 0.277. The van der Waals surface area contributed by atoms with Crippen LogP contribution in [0.15, 0.2) is 77.4 Å². The number of nitrogens with zero attached hydrogens (tertiary/aromatic N) is 1. The van der Waals surface area contributed by atoms with Gasteiger partial charge < -0.3 is 5.32 Å². The highest BCUT2D eigenvalue weighted by atomic mass is 79.9. The third-order valence-electron chi connectivity index (χ3n) is 4.16. The molecule has 156 valence electrons. The fourth-order valence-corrected chi connectivity index (χ4v) is 4.63. The van der Waals surface area contributed by atoms with Gasteiger partial charge in [0.1, 0.15) is 0 Å². The summed E-state index contributed by atoms with van der Waals surface area (Å²) in [5, 5.41) is 9.42. The summed E-state index contributed by atoms with van der Waals surface area (Å²) in [6.07, 6.45) is 2.53. The molecule has 0 aliphatic heterocycles. The van der Waals surface area contributed by atoms with E-state index < -0.39 is 0 Å². The Kier molecular flexibility index (Phi) is 6.76. The van der Waals surface area contributed by atoms with Crippen molar-refractivity contribution in [3.05, 3.63) is 92.7 Å². The van der Waals surface area contributed by atoms with E-state index in [0.717, 1.165) is 15.8 Å². The fraction of sp³-hybridized carbons (Fsp3) is 0.0455. The zero-order chi connectivity index (χ0) is 21.6. The van der Waals surface area contributed by atoms with Crippen LogP contribution in [0.3, 0.4) is 0 Å². The summed E-state index contributed by atoms with van der Waals surface area (Å²) in [7, 11) is 0. The van der Waals surface area contributed by atoms with Crippen LogP contribution < -0.4 is 16.0 Å². The van der Waals surface area contributed by atoms with Gasteiger partial charge in [-0.05, 0) is 42.0 Å². The number of carbonyl (C=O) groups excluding carboxylic acids is 2. The largest absolute Gasteiger partial charge is 0.324 e. The predicted octanol–water partition coefficient (Wildman–Crippen LogP) is 6.45. The average Bonchev–Trinajstić information content (AvgIpc) is 3.40. The first-order valence-corrected chi connectivity index (χ1v) is 11.7. The lowest BCUT2D eigenvalue weighted by atomic mass is 10.1. The fourth-order valence-electron chi connectivity index (χ4n) is 2.73. The summed E-state index contributed by atoms with van der Waals surface area (Å²) in [5.41, 5.74) is 1.87. The van der Waals surface area contributed by atoms with Gasteiger partial charge in [-0.25, -0.2) is 9.78 Å². The normalized spacial score (nSPS) is 10.5. The first-order valence-electron chi connectivity index (χ1n) is 9.28. The first-order chi connectivity index (χ1) is 15.0. The number of urea groups is 1. The van der Waals surface area contributed by atoms with Gasteiger partial charge in [-0.15, -0.1) is 22.7 Å². The zero-order valence-corrected chi connectivity index (χ0v) is 19.3. The number of thiophene rings is 1. The molecule has 0 bridgehead atoms. The van der Waals surface area contributed by atoms with Gasteiger partial charge in [-0.1, -0.05) is 46.3 Å². The maximum Gasteiger partial charge on any atom is 0.324 e. The van der Waals surface area contributed by atoms with Gasteiger partial charge in [0.25, 0.3) is 5.91 Å². The second-order valence-corrected chi connectivity index (χ2v) is 9.61. The van der Waals surface area contributed by atoms with Crippen molar-refractivity contribution in [3.8, 4) is 0 Å².